The number of carbonyl (C=O) groups excluding carboxylic acids is 2. The van der Waals surface area contributed by atoms with Crippen LogP contribution in [-0.2, 0) is 11.8 Å². The maximum atomic E-state index is 12.8. The van der Waals surface area contributed by atoms with E-state index in [9.17, 15) is 14.4 Å². The first-order valence-electron chi connectivity index (χ1n) is 9.62. The molecule has 8 heteroatoms. The van der Waals surface area contributed by atoms with Gasteiger partial charge in [-0.25, -0.2) is 4.79 Å². The predicted molar refractivity (Wildman–Crippen MR) is 106 cm³/mol. The van der Waals surface area contributed by atoms with Gasteiger partial charge in [0.25, 0.3) is 11.5 Å². The SMILES string of the molecule is Cn1cc(C(=O)NCC2CCCCN2C(=O)OC(C)(C)C)c2cc[nH]c2c1=O. The Bertz CT molecular complexity index is 938. The normalized spacial score (nSPS) is 17.6. The topological polar surface area (TPSA) is 96.4 Å². The second-order valence-electron chi connectivity index (χ2n) is 8.26. The summed E-state index contributed by atoms with van der Waals surface area (Å²) >= 11 is 0. The molecule has 1 saturated heterocycles. The number of hydrogen-bond donors (Lipinski definition) is 2. The van der Waals surface area contributed by atoms with Crippen molar-refractivity contribution in [2.45, 2.75) is 51.7 Å². The Labute approximate surface area is 163 Å². The Hall–Kier alpha value is -2.77. The molecule has 0 saturated carbocycles. The van der Waals surface area contributed by atoms with Crippen LogP contribution in [0.1, 0.15) is 50.4 Å². The van der Waals surface area contributed by atoms with Crippen LogP contribution in [0, 0.1) is 0 Å². The van der Waals surface area contributed by atoms with Crippen molar-refractivity contribution in [2.24, 2.45) is 7.05 Å². The molecule has 0 radical (unpaired) electrons. The first-order valence-corrected chi connectivity index (χ1v) is 9.62. The van der Waals surface area contributed by atoms with E-state index in [-0.39, 0.29) is 23.6 Å². The zero-order valence-corrected chi connectivity index (χ0v) is 16.9. The lowest BCUT2D eigenvalue weighted by Gasteiger charge is -2.36. The fourth-order valence-electron chi connectivity index (χ4n) is 3.53. The third-order valence-corrected chi connectivity index (χ3v) is 4.89. The summed E-state index contributed by atoms with van der Waals surface area (Å²) in [5.74, 6) is -0.269. The standard InChI is InChI=1S/C20H28N4O4/c1-20(2,3)28-19(27)24-10-6-5-7-13(24)11-22-17(25)15-12-23(4)18(26)16-14(15)8-9-21-16/h8-9,12-13,21H,5-7,10-11H2,1-4H3,(H,22,25). The molecule has 8 nitrogen and oxygen atoms in total. The summed E-state index contributed by atoms with van der Waals surface area (Å²) in [6.45, 7) is 6.48. The Kier molecular flexibility index (Phi) is 5.49. The molecular formula is C20H28N4O4. The molecule has 0 aromatic carbocycles. The van der Waals surface area contributed by atoms with E-state index >= 15 is 0 Å². The van der Waals surface area contributed by atoms with Crippen LogP contribution in [0.4, 0.5) is 4.79 Å². The molecule has 28 heavy (non-hydrogen) atoms. The molecule has 2 aromatic rings. The van der Waals surface area contributed by atoms with Crippen LogP contribution in [0.3, 0.4) is 0 Å². The van der Waals surface area contributed by atoms with Gasteiger partial charge in [0.05, 0.1) is 11.6 Å². The van der Waals surface area contributed by atoms with E-state index in [0.29, 0.717) is 29.6 Å². The highest BCUT2D eigenvalue weighted by atomic mass is 16.6. The number of ether oxygens (including phenoxy) is 1. The molecule has 1 fully saturated rings. The Morgan fingerprint density at radius 2 is 2.07 bits per heavy atom. The minimum atomic E-state index is -0.558. The molecule has 0 aliphatic carbocycles. The van der Waals surface area contributed by atoms with Crippen LogP contribution in [0.25, 0.3) is 10.9 Å². The molecule has 1 aliphatic rings. The highest BCUT2D eigenvalue weighted by molar-refractivity contribution is 6.05. The summed E-state index contributed by atoms with van der Waals surface area (Å²) < 4.78 is 6.90. The van der Waals surface area contributed by atoms with Gasteiger partial charge in [-0.05, 0) is 46.1 Å². The molecule has 0 spiro atoms. The van der Waals surface area contributed by atoms with Crippen molar-refractivity contribution in [2.75, 3.05) is 13.1 Å². The number of H-pyrrole nitrogens is 1. The third-order valence-electron chi connectivity index (χ3n) is 4.89. The fraction of sp³-hybridized carbons (Fsp3) is 0.550. The van der Waals surface area contributed by atoms with Crippen LogP contribution in [-0.4, -0.2) is 51.2 Å². The molecule has 3 rings (SSSR count). The van der Waals surface area contributed by atoms with Crippen molar-refractivity contribution in [3.8, 4) is 0 Å². The number of piperidine rings is 1. The quantitative estimate of drug-likeness (QED) is 0.844. The molecule has 1 atom stereocenters. The number of likely N-dealkylation sites (tertiary alicyclic amines) is 1. The highest BCUT2D eigenvalue weighted by Gasteiger charge is 2.30. The number of aromatic nitrogens is 2. The second-order valence-corrected chi connectivity index (χ2v) is 8.26. The lowest BCUT2D eigenvalue weighted by molar-refractivity contribution is 0.00986. The van der Waals surface area contributed by atoms with Crippen molar-refractivity contribution in [3.63, 3.8) is 0 Å². The van der Waals surface area contributed by atoms with Crippen molar-refractivity contribution < 1.29 is 14.3 Å². The first kappa shape index (κ1) is 20.0. The molecule has 0 bridgehead atoms. The maximum absolute atomic E-state index is 12.8. The molecule has 1 unspecified atom stereocenters. The second kappa shape index (κ2) is 7.69. The van der Waals surface area contributed by atoms with Crippen molar-refractivity contribution >= 4 is 22.9 Å². The lowest BCUT2D eigenvalue weighted by Crippen LogP contribution is -2.50. The van der Waals surface area contributed by atoms with Crippen molar-refractivity contribution in [1.82, 2.24) is 19.8 Å². The molecule has 2 N–H and O–H groups in total. The van der Waals surface area contributed by atoms with Gasteiger partial charge in [0.15, 0.2) is 0 Å². The number of rotatable bonds is 3. The molecule has 1 aliphatic heterocycles. The fourth-order valence-corrected chi connectivity index (χ4v) is 3.53. The van der Waals surface area contributed by atoms with Crippen LogP contribution in [0.15, 0.2) is 23.3 Å². The van der Waals surface area contributed by atoms with Gasteiger partial charge in [-0.15, -0.1) is 0 Å². The van der Waals surface area contributed by atoms with E-state index in [1.807, 2.05) is 20.8 Å². The number of nitrogens with one attached hydrogen (secondary N) is 2. The third kappa shape index (κ3) is 4.21. The molecule has 2 aromatic heterocycles. The van der Waals surface area contributed by atoms with Gasteiger partial charge in [0.1, 0.15) is 11.1 Å². The van der Waals surface area contributed by atoms with Gasteiger partial charge in [-0.1, -0.05) is 0 Å². The molecule has 152 valence electrons. The summed E-state index contributed by atoms with van der Waals surface area (Å²) in [5.41, 5.74) is 0.0953. The van der Waals surface area contributed by atoms with E-state index in [0.717, 1.165) is 19.3 Å². The summed E-state index contributed by atoms with van der Waals surface area (Å²) in [4.78, 5) is 42.0. The number of aromatic amines is 1. The minimum absolute atomic E-state index is 0.109. The average Bonchev–Trinajstić information content (AvgIpc) is 3.11. The van der Waals surface area contributed by atoms with Crippen LogP contribution < -0.4 is 10.9 Å². The largest absolute Gasteiger partial charge is 0.444 e. The van der Waals surface area contributed by atoms with Crippen molar-refractivity contribution in [1.29, 1.82) is 0 Å². The maximum Gasteiger partial charge on any atom is 0.410 e. The first-order chi connectivity index (χ1) is 13.2. The number of hydrogen-bond acceptors (Lipinski definition) is 4. The van der Waals surface area contributed by atoms with E-state index < -0.39 is 5.60 Å². The lowest BCUT2D eigenvalue weighted by atomic mass is 10.0. The van der Waals surface area contributed by atoms with Gasteiger partial charge in [-0.2, -0.15) is 0 Å². The van der Waals surface area contributed by atoms with E-state index in [4.69, 9.17) is 4.74 Å². The number of nitrogens with zero attached hydrogens (tertiary/aromatic N) is 2. The van der Waals surface area contributed by atoms with Crippen LogP contribution >= 0.6 is 0 Å². The predicted octanol–water partition coefficient (Wildman–Crippen LogP) is 2.39. The Morgan fingerprint density at radius 1 is 1.32 bits per heavy atom. The molecular weight excluding hydrogens is 360 g/mol. The minimum Gasteiger partial charge on any atom is -0.444 e. The number of amides is 2. The Balaban J connectivity index is 1.73. The smallest absolute Gasteiger partial charge is 0.410 e. The molecule has 3 heterocycles. The number of aryl methyl sites for hydroxylation is 1. The van der Waals surface area contributed by atoms with Gasteiger partial charge < -0.3 is 24.5 Å². The monoisotopic (exact) mass is 388 g/mol. The molecule has 2 amide bonds. The number of carbonyl (C=O) groups is 2. The van der Waals surface area contributed by atoms with Crippen LogP contribution in [0.5, 0.6) is 0 Å². The highest BCUT2D eigenvalue weighted by Crippen LogP contribution is 2.20. The van der Waals surface area contributed by atoms with Crippen LogP contribution in [0.2, 0.25) is 0 Å². The summed E-state index contributed by atoms with van der Waals surface area (Å²) in [6, 6.07) is 1.61. The van der Waals surface area contributed by atoms with E-state index in [2.05, 4.69) is 10.3 Å². The summed E-state index contributed by atoms with van der Waals surface area (Å²) in [7, 11) is 1.62. The number of pyridine rings is 1. The van der Waals surface area contributed by atoms with Gasteiger partial charge in [0, 0.05) is 37.9 Å². The van der Waals surface area contributed by atoms with Gasteiger partial charge in [-0.3, -0.25) is 9.59 Å². The van der Waals surface area contributed by atoms with E-state index in [1.165, 1.54) is 4.57 Å². The van der Waals surface area contributed by atoms with E-state index in [1.54, 1.807) is 30.4 Å². The zero-order chi connectivity index (χ0) is 20.5. The Morgan fingerprint density at radius 3 is 2.79 bits per heavy atom. The zero-order valence-electron chi connectivity index (χ0n) is 16.9. The summed E-state index contributed by atoms with van der Waals surface area (Å²) in [6.07, 6.45) is 5.58. The average molecular weight is 388 g/mol. The summed E-state index contributed by atoms with van der Waals surface area (Å²) in [5, 5.41) is 3.52. The number of fused-ring (bicyclic) bond motifs is 1. The van der Waals surface area contributed by atoms with Gasteiger partial charge in [0.2, 0.25) is 0 Å². The van der Waals surface area contributed by atoms with Gasteiger partial charge >= 0.3 is 6.09 Å². The van der Waals surface area contributed by atoms with Crippen molar-refractivity contribution in [3.05, 3.63) is 34.4 Å².